The molecule has 0 aliphatic carbocycles. The summed E-state index contributed by atoms with van der Waals surface area (Å²) in [6.07, 6.45) is 3.38. The third kappa shape index (κ3) is 4.13. The summed E-state index contributed by atoms with van der Waals surface area (Å²) < 4.78 is 6.75. The van der Waals surface area contributed by atoms with Crippen LogP contribution in [0.15, 0.2) is 54.9 Å². The number of methoxy groups -OCH3 is 1. The third-order valence-corrected chi connectivity index (χ3v) is 4.14. The fraction of sp³-hybridized carbons (Fsp3) is 0.150. The van der Waals surface area contributed by atoms with Gasteiger partial charge in [0, 0.05) is 41.5 Å². The van der Waals surface area contributed by atoms with Gasteiger partial charge in [0.1, 0.15) is 11.6 Å². The van der Waals surface area contributed by atoms with Gasteiger partial charge in [-0.3, -0.25) is 9.78 Å². The van der Waals surface area contributed by atoms with Crippen LogP contribution in [0.4, 0.5) is 11.5 Å². The van der Waals surface area contributed by atoms with E-state index in [1.807, 2.05) is 37.3 Å². The molecule has 0 unspecified atom stereocenters. The molecule has 4 rings (SSSR count). The topological polar surface area (TPSA) is 106 Å². The highest BCUT2D eigenvalue weighted by atomic mass is 16.5. The number of hydrogen-bond acceptors (Lipinski definition) is 7. The van der Waals surface area contributed by atoms with Crippen molar-refractivity contribution in [1.82, 2.24) is 24.6 Å². The van der Waals surface area contributed by atoms with E-state index in [9.17, 15) is 4.79 Å². The first-order valence-electron chi connectivity index (χ1n) is 8.95. The van der Waals surface area contributed by atoms with E-state index in [0.717, 1.165) is 11.3 Å². The van der Waals surface area contributed by atoms with Crippen molar-refractivity contribution in [2.45, 2.75) is 6.92 Å². The quantitative estimate of drug-likeness (QED) is 0.522. The molecule has 0 radical (unpaired) electrons. The van der Waals surface area contributed by atoms with E-state index < -0.39 is 0 Å². The molecule has 1 amide bonds. The van der Waals surface area contributed by atoms with E-state index in [0.29, 0.717) is 28.9 Å². The highest BCUT2D eigenvalue weighted by molar-refractivity contribution is 5.93. The summed E-state index contributed by atoms with van der Waals surface area (Å²) in [7, 11) is 1.58. The van der Waals surface area contributed by atoms with E-state index in [1.165, 1.54) is 0 Å². The van der Waals surface area contributed by atoms with Crippen LogP contribution in [0.5, 0.6) is 5.75 Å². The zero-order valence-electron chi connectivity index (χ0n) is 16.0. The second-order valence-electron chi connectivity index (χ2n) is 6.31. The summed E-state index contributed by atoms with van der Waals surface area (Å²) in [5.74, 6) is 2.05. The van der Waals surface area contributed by atoms with Crippen molar-refractivity contribution >= 4 is 23.2 Å². The van der Waals surface area contributed by atoms with Gasteiger partial charge in [-0.05, 0) is 31.2 Å². The predicted molar refractivity (Wildman–Crippen MR) is 109 cm³/mol. The molecule has 1 aromatic carbocycles. The van der Waals surface area contributed by atoms with Crippen molar-refractivity contribution in [2.24, 2.45) is 0 Å². The minimum Gasteiger partial charge on any atom is -0.497 e. The van der Waals surface area contributed by atoms with Crippen LogP contribution < -0.4 is 15.4 Å². The lowest BCUT2D eigenvalue weighted by atomic mass is 10.3. The molecular weight excluding hydrogens is 370 g/mol. The van der Waals surface area contributed by atoms with Crippen molar-refractivity contribution in [3.63, 3.8) is 0 Å². The van der Waals surface area contributed by atoms with Crippen molar-refractivity contribution in [3.8, 4) is 17.1 Å². The smallest absolute Gasteiger partial charge is 0.254 e. The minimum absolute atomic E-state index is 0.0534. The SMILES string of the molecule is COc1cccc(NC(=O)CNc2cc(C)nc3nc(-c4cccnc4)nn23)c1. The first-order valence-corrected chi connectivity index (χ1v) is 8.95. The molecule has 4 aromatic rings. The number of fused-ring (bicyclic) bond motifs is 1. The highest BCUT2D eigenvalue weighted by Gasteiger charge is 2.12. The molecule has 29 heavy (non-hydrogen) atoms. The number of amides is 1. The summed E-state index contributed by atoms with van der Waals surface area (Å²) in [6, 6.07) is 12.7. The second-order valence-corrected chi connectivity index (χ2v) is 6.31. The van der Waals surface area contributed by atoms with Gasteiger partial charge < -0.3 is 15.4 Å². The lowest BCUT2D eigenvalue weighted by Crippen LogP contribution is -2.23. The van der Waals surface area contributed by atoms with Gasteiger partial charge >= 0.3 is 0 Å². The third-order valence-electron chi connectivity index (χ3n) is 4.14. The van der Waals surface area contributed by atoms with Crippen LogP contribution in [-0.4, -0.2) is 44.1 Å². The Hall–Kier alpha value is -4.01. The van der Waals surface area contributed by atoms with Crippen LogP contribution in [0, 0.1) is 6.92 Å². The summed E-state index contributed by atoms with van der Waals surface area (Å²) in [5, 5.41) is 10.4. The summed E-state index contributed by atoms with van der Waals surface area (Å²) in [4.78, 5) is 25.3. The Kier molecular flexibility index (Phi) is 5.02. The zero-order chi connectivity index (χ0) is 20.2. The number of ether oxygens (including phenoxy) is 1. The number of aromatic nitrogens is 5. The Morgan fingerprint density at radius 1 is 1.17 bits per heavy atom. The van der Waals surface area contributed by atoms with Gasteiger partial charge in [-0.2, -0.15) is 9.50 Å². The molecule has 0 saturated carbocycles. The Morgan fingerprint density at radius 2 is 2.07 bits per heavy atom. The molecule has 0 saturated heterocycles. The molecule has 0 fully saturated rings. The van der Waals surface area contributed by atoms with Gasteiger partial charge in [0.25, 0.3) is 5.78 Å². The maximum atomic E-state index is 12.3. The minimum atomic E-state index is -0.200. The second kappa shape index (κ2) is 7.93. The van der Waals surface area contributed by atoms with Crippen molar-refractivity contribution in [2.75, 3.05) is 24.3 Å². The van der Waals surface area contributed by atoms with Crippen molar-refractivity contribution < 1.29 is 9.53 Å². The zero-order valence-corrected chi connectivity index (χ0v) is 16.0. The molecule has 146 valence electrons. The number of pyridine rings is 1. The molecule has 3 heterocycles. The molecule has 9 nitrogen and oxygen atoms in total. The number of nitrogens with one attached hydrogen (secondary N) is 2. The van der Waals surface area contributed by atoms with Crippen LogP contribution in [-0.2, 0) is 4.79 Å². The van der Waals surface area contributed by atoms with Crippen LogP contribution in [0.25, 0.3) is 17.2 Å². The van der Waals surface area contributed by atoms with Gasteiger partial charge in [0.2, 0.25) is 5.91 Å². The van der Waals surface area contributed by atoms with Crippen LogP contribution in [0.2, 0.25) is 0 Å². The van der Waals surface area contributed by atoms with Gasteiger partial charge in [0.05, 0.1) is 13.7 Å². The number of benzene rings is 1. The highest BCUT2D eigenvalue weighted by Crippen LogP contribution is 2.18. The Balaban J connectivity index is 1.52. The average Bonchev–Trinajstić information content (AvgIpc) is 3.17. The number of rotatable bonds is 6. The van der Waals surface area contributed by atoms with E-state index in [4.69, 9.17) is 4.74 Å². The average molecular weight is 389 g/mol. The van der Waals surface area contributed by atoms with Crippen LogP contribution in [0.3, 0.4) is 0 Å². The van der Waals surface area contributed by atoms with E-state index in [1.54, 1.807) is 36.2 Å². The summed E-state index contributed by atoms with van der Waals surface area (Å²) >= 11 is 0. The first-order chi connectivity index (χ1) is 14.1. The van der Waals surface area contributed by atoms with Gasteiger partial charge in [0.15, 0.2) is 5.82 Å². The first kappa shape index (κ1) is 18.4. The van der Waals surface area contributed by atoms with E-state index >= 15 is 0 Å². The molecular formula is C20H19N7O2. The largest absolute Gasteiger partial charge is 0.497 e. The van der Waals surface area contributed by atoms with Gasteiger partial charge in [-0.1, -0.05) is 6.07 Å². The lowest BCUT2D eigenvalue weighted by Gasteiger charge is -2.10. The Morgan fingerprint density at radius 3 is 2.86 bits per heavy atom. The van der Waals surface area contributed by atoms with Crippen LogP contribution >= 0.6 is 0 Å². The van der Waals surface area contributed by atoms with Crippen LogP contribution in [0.1, 0.15) is 5.69 Å². The number of aryl methyl sites for hydroxylation is 1. The maximum absolute atomic E-state index is 12.3. The van der Waals surface area contributed by atoms with Gasteiger partial charge in [-0.15, -0.1) is 5.10 Å². The monoisotopic (exact) mass is 389 g/mol. The maximum Gasteiger partial charge on any atom is 0.254 e. The molecule has 0 aliphatic heterocycles. The molecule has 0 bridgehead atoms. The number of hydrogen-bond donors (Lipinski definition) is 2. The normalized spacial score (nSPS) is 10.7. The fourth-order valence-corrected chi connectivity index (χ4v) is 2.81. The van der Waals surface area contributed by atoms with E-state index in [-0.39, 0.29) is 12.5 Å². The van der Waals surface area contributed by atoms with E-state index in [2.05, 4.69) is 30.7 Å². The number of anilines is 2. The standard InChI is InChI=1S/C20H19N7O2/c1-13-9-17(22-12-18(28)24-15-6-3-7-16(10-15)29-2)27-20(23-13)25-19(26-27)14-5-4-8-21-11-14/h3-11,22H,12H2,1-2H3,(H,24,28). The van der Waals surface area contributed by atoms with Gasteiger partial charge in [-0.25, -0.2) is 4.98 Å². The molecule has 2 N–H and O–H groups in total. The number of carbonyl (C=O) groups is 1. The lowest BCUT2D eigenvalue weighted by molar-refractivity contribution is -0.114. The fourth-order valence-electron chi connectivity index (χ4n) is 2.81. The molecule has 0 aliphatic rings. The number of nitrogens with zero attached hydrogens (tertiary/aromatic N) is 5. The molecule has 9 heteroatoms. The number of carbonyl (C=O) groups excluding carboxylic acids is 1. The Labute approximate surface area is 166 Å². The summed E-state index contributed by atoms with van der Waals surface area (Å²) in [6.45, 7) is 1.91. The predicted octanol–water partition coefficient (Wildman–Crippen LogP) is 2.55. The molecule has 3 aromatic heterocycles. The summed E-state index contributed by atoms with van der Waals surface area (Å²) in [5.41, 5.74) is 2.21. The van der Waals surface area contributed by atoms with Crippen molar-refractivity contribution in [3.05, 3.63) is 60.6 Å². The molecule has 0 spiro atoms. The molecule has 0 atom stereocenters. The van der Waals surface area contributed by atoms with Crippen molar-refractivity contribution in [1.29, 1.82) is 0 Å². The Bertz CT molecular complexity index is 1160.